The fourth-order valence-electron chi connectivity index (χ4n) is 3.24. The topological polar surface area (TPSA) is 50.7 Å². The molecular formula is C19H18BF3N4. The van der Waals surface area contributed by atoms with Gasteiger partial charge in [-0.25, -0.2) is 9.97 Å². The summed E-state index contributed by atoms with van der Waals surface area (Å²) in [5.41, 5.74) is 1.76. The summed E-state index contributed by atoms with van der Waals surface area (Å²) in [6.07, 6.45) is -4.39. The van der Waals surface area contributed by atoms with Crippen LogP contribution in [0.3, 0.4) is 0 Å². The summed E-state index contributed by atoms with van der Waals surface area (Å²) in [7, 11) is 5.85. The van der Waals surface area contributed by atoms with Gasteiger partial charge in [0.25, 0.3) is 0 Å². The smallest absolute Gasteiger partial charge is 0.363 e. The second-order valence-corrected chi connectivity index (χ2v) is 6.53. The molecule has 8 heteroatoms. The summed E-state index contributed by atoms with van der Waals surface area (Å²) in [5.74, 6) is 1.05. The summed E-state index contributed by atoms with van der Waals surface area (Å²) in [5, 5.41) is 3.90. The number of aromatic nitrogens is 3. The summed E-state index contributed by atoms with van der Waals surface area (Å²) < 4.78 is 39.6. The highest BCUT2D eigenvalue weighted by atomic mass is 19.4. The maximum Gasteiger partial charge on any atom is 0.416 e. The molecule has 0 aliphatic carbocycles. The van der Waals surface area contributed by atoms with E-state index in [1.807, 2.05) is 0 Å². The molecule has 2 aromatic heterocycles. The monoisotopic (exact) mass is 370 g/mol. The molecule has 0 aliphatic heterocycles. The number of aryl methyl sites for hydroxylation is 2. The van der Waals surface area contributed by atoms with Gasteiger partial charge >= 0.3 is 6.18 Å². The molecule has 0 saturated heterocycles. The quantitative estimate of drug-likeness (QED) is 0.710. The molecule has 0 amide bonds. The van der Waals surface area contributed by atoms with E-state index < -0.39 is 17.8 Å². The minimum Gasteiger partial charge on any atom is -0.363 e. The Hall–Kier alpha value is -2.64. The van der Waals surface area contributed by atoms with Gasteiger partial charge in [-0.2, -0.15) is 13.2 Å². The largest absolute Gasteiger partial charge is 0.416 e. The maximum atomic E-state index is 13.2. The fraction of sp³-hybridized carbons (Fsp3) is 0.316. The summed E-state index contributed by atoms with van der Waals surface area (Å²) in [4.78, 5) is 13.0. The van der Waals surface area contributed by atoms with Crippen molar-refractivity contribution >= 4 is 30.2 Å². The molecule has 138 valence electrons. The lowest BCUT2D eigenvalue weighted by atomic mass is 9.97. The van der Waals surface area contributed by atoms with Gasteiger partial charge in [0.2, 0.25) is 0 Å². The van der Waals surface area contributed by atoms with Crippen LogP contribution >= 0.6 is 0 Å². The lowest BCUT2D eigenvalue weighted by molar-refractivity contribution is -0.138. The van der Waals surface area contributed by atoms with E-state index in [1.54, 1.807) is 32.9 Å². The Morgan fingerprint density at radius 3 is 2.44 bits per heavy atom. The highest BCUT2D eigenvalue weighted by molar-refractivity contribution is 6.31. The molecule has 1 N–H and O–H groups in total. The first-order valence-corrected chi connectivity index (χ1v) is 8.42. The van der Waals surface area contributed by atoms with E-state index in [0.717, 1.165) is 6.07 Å². The third-order valence-electron chi connectivity index (χ3n) is 4.49. The van der Waals surface area contributed by atoms with E-state index in [-0.39, 0.29) is 5.56 Å². The molecule has 27 heavy (non-hydrogen) atoms. The van der Waals surface area contributed by atoms with E-state index >= 15 is 0 Å². The Morgan fingerprint density at radius 2 is 1.78 bits per heavy atom. The van der Waals surface area contributed by atoms with E-state index in [0.29, 0.717) is 39.4 Å². The zero-order chi connectivity index (χ0) is 19.9. The number of hydrogen-bond donors (Lipinski definition) is 1. The molecule has 0 aliphatic rings. The van der Waals surface area contributed by atoms with Crippen molar-refractivity contribution in [3.05, 3.63) is 52.5 Å². The Bertz CT molecular complexity index is 1020. The lowest BCUT2D eigenvalue weighted by Gasteiger charge is -2.21. The molecule has 4 nitrogen and oxygen atoms in total. The van der Waals surface area contributed by atoms with E-state index in [9.17, 15) is 13.2 Å². The molecule has 0 unspecified atom stereocenters. The third kappa shape index (κ3) is 3.75. The first-order valence-electron chi connectivity index (χ1n) is 8.42. The average molecular weight is 370 g/mol. The normalized spacial score (nSPS) is 13.0. The zero-order valence-corrected chi connectivity index (χ0v) is 15.4. The number of anilines is 1. The number of fused-ring (bicyclic) bond motifs is 1. The summed E-state index contributed by atoms with van der Waals surface area (Å²) >= 11 is 0. The summed E-state index contributed by atoms with van der Waals surface area (Å²) in [6, 6.07) is 5.44. The van der Waals surface area contributed by atoms with Gasteiger partial charge in [-0.15, -0.1) is 0 Å². The van der Waals surface area contributed by atoms with Gasteiger partial charge < -0.3 is 5.32 Å². The molecule has 2 heterocycles. The van der Waals surface area contributed by atoms with Gasteiger partial charge in [0.1, 0.15) is 19.5 Å². The molecule has 3 aromatic rings. The van der Waals surface area contributed by atoms with Crippen LogP contribution in [0.4, 0.5) is 19.0 Å². The van der Waals surface area contributed by atoms with Gasteiger partial charge in [-0.1, -0.05) is 12.1 Å². The van der Waals surface area contributed by atoms with Crippen LogP contribution in [0.15, 0.2) is 24.3 Å². The molecule has 0 fully saturated rings. The number of nitrogens with zero attached hydrogens (tertiary/aromatic N) is 3. The van der Waals surface area contributed by atoms with Crippen molar-refractivity contribution in [1.82, 2.24) is 15.0 Å². The first-order chi connectivity index (χ1) is 12.6. The number of pyridine rings is 1. The van der Waals surface area contributed by atoms with Crippen LogP contribution < -0.4 is 10.9 Å². The van der Waals surface area contributed by atoms with Crippen molar-refractivity contribution in [3.63, 3.8) is 0 Å². The molecular weight excluding hydrogens is 352 g/mol. The fourth-order valence-corrected chi connectivity index (χ4v) is 3.24. The SMILES string of the molecule is [B]c1cc2c(N[C@H](C)c3cccc(C(F)(F)F)c3C)nc(C)nc2c(C)n1. The second-order valence-electron chi connectivity index (χ2n) is 6.53. The molecule has 2 radical (unpaired) electrons. The van der Waals surface area contributed by atoms with Crippen molar-refractivity contribution in [3.8, 4) is 0 Å². The predicted molar refractivity (Wildman–Crippen MR) is 100 cm³/mol. The van der Waals surface area contributed by atoms with Gasteiger partial charge in [0.15, 0.2) is 0 Å². The van der Waals surface area contributed by atoms with Crippen molar-refractivity contribution < 1.29 is 13.2 Å². The standard InChI is InChI=1S/C19H18BF3N4/c1-9-13(6-5-7-15(9)19(21,22)23)10(2)25-18-14-8-16(20)24-11(3)17(14)26-12(4)27-18/h5-8,10H,1-4H3,(H,25,26,27)/t10-/m1/s1. The van der Waals surface area contributed by atoms with E-state index in [4.69, 9.17) is 7.85 Å². The van der Waals surface area contributed by atoms with Crippen LogP contribution in [0.2, 0.25) is 0 Å². The Morgan fingerprint density at radius 1 is 1.07 bits per heavy atom. The minimum absolute atomic E-state index is 0.192. The van der Waals surface area contributed by atoms with E-state index in [1.165, 1.54) is 13.0 Å². The van der Waals surface area contributed by atoms with Gasteiger partial charge in [-0.3, -0.25) is 4.98 Å². The number of hydrogen-bond acceptors (Lipinski definition) is 4. The zero-order valence-electron chi connectivity index (χ0n) is 15.4. The van der Waals surface area contributed by atoms with Crippen LogP contribution in [0.1, 0.15) is 41.2 Å². The van der Waals surface area contributed by atoms with Crippen LogP contribution in [0, 0.1) is 20.8 Å². The predicted octanol–water partition coefficient (Wildman–Crippen LogP) is 3.94. The first kappa shape index (κ1) is 19.1. The second kappa shape index (κ2) is 6.83. The minimum atomic E-state index is -4.39. The van der Waals surface area contributed by atoms with Crippen LogP contribution in [0.25, 0.3) is 10.9 Å². The number of halogens is 3. The molecule has 0 bridgehead atoms. The highest BCUT2D eigenvalue weighted by Gasteiger charge is 2.33. The molecule has 1 aromatic carbocycles. The van der Waals surface area contributed by atoms with Gasteiger partial charge in [-0.05, 0) is 56.5 Å². The number of benzene rings is 1. The van der Waals surface area contributed by atoms with Gasteiger partial charge in [0.05, 0.1) is 22.8 Å². The number of nitrogens with one attached hydrogen (secondary N) is 1. The molecule has 3 rings (SSSR count). The average Bonchev–Trinajstić information content (AvgIpc) is 2.55. The third-order valence-corrected chi connectivity index (χ3v) is 4.49. The molecule has 0 spiro atoms. The van der Waals surface area contributed by atoms with Crippen molar-refractivity contribution in [1.29, 1.82) is 0 Å². The summed E-state index contributed by atoms with van der Waals surface area (Å²) in [6.45, 7) is 6.82. The molecule has 1 atom stereocenters. The Kier molecular flexibility index (Phi) is 4.84. The van der Waals surface area contributed by atoms with Crippen LogP contribution in [-0.4, -0.2) is 22.8 Å². The van der Waals surface area contributed by atoms with Crippen LogP contribution in [0.5, 0.6) is 0 Å². The van der Waals surface area contributed by atoms with E-state index in [2.05, 4.69) is 20.3 Å². The number of rotatable bonds is 3. The highest BCUT2D eigenvalue weighted by Crippen LogP contribution is 2.35. The Balaban J connectivity index is 2.06. The molecule has 0 saturated carbocycles. The van der Waals surface area contributed by atoms with Gasteiger partial charge in [0, 0.05) is 5.39 Å². The van der Waals surface area contributed by atoms with Crippen molar-refractivity contribution in [2.24, 2.45) is 0 Å². The maximum absolute atomic E-state index is 13.2. The van der Waals surface area contributed by atoms with Crippen molar-refractivity contribution in [2.75, 3.05) is 5.32 Å². The Labute approximate surface area is 156 Å². The lowest BCUT2D eigenvalue weighted by Crippen LogP contribution is -2.16. The van der Waals surface area contributed by atoms with Crippen molar-refractivity contribution in [2.45, 2.75) is 39.9 Å². The number of alkyl halides is 3. The van der Waals surface area contributed by atoms with Crippen LogP contribution in [-0.2, 0) is 6.18 Å².